The van der Waals surface area contributed by atoms with Gasteiger partial charge in [-0.1, -0.05) is 54.4 Å². The zero-order valence-electron chi connectivity index (χ0n) is 18.6. The van der Waals surface area contributed by atoms with Crippen molar-refractivity contribution in [2.45, 2.75) is 19.9 Å². The molecule has 0 bridgehead atoms. The van der Waals surface area contributed by atoms with Crippen LogP contribution in [0.25, 0.3) is 0 Å². The number of nitrogens with one attached hydrogen (secondary N) is 1. The number of hydrogen-bond acceptors (Lipinski definition) is 4. The monoisotopic (exact) mass is 476 g/mol. The third-order valence-corrected chi connectivity index (χ3v) is 6.21. The Morgan fingerprint density at radius 1 is 1.03 bits per heavy atom. The number of halogens is 2. The lowest BCUT2D eigenvalue weighted by Crippen LogP contribution is -2.52. The number of carbonyl (C=O) groups excluding carboxylic acids is 2. The van der Waals surface area contributed by atoms with Crippen molar-refractivity contribution >= 4 is 40.7 Å². The highest BCUT2D eigenvalue weighted by atomic mass is 35.5. The first-order chi connectivity index (χ1) is 15.4. The quantitative estimate of drug-likeness (QED) is 0.629. The number of carbonyl (C=O) groups is 2. The minimum Gasteiger partial charge on any atom is -0.339 e. The predicted octanol–water partition coefficient (Wildman–Crippen LogP) is 3.77. The van der Waals surface area contributed by atoms with Gasteiger partial charge in [0, 0.05) is 48.5 Å². The summed E-state index contributed by atoms with van der Waals surface area (Å²) >= 11 is 12.2. The fraction of sp³-hybridized carbons (Fsp3) is 0.417. The van der Waals surface area contributed by atoms with E-state index in [1.807, 2.05) is 47.2 Å². The van der Waals surface area contributed by atoms with Crippen LogP contribution in [0.4, 0.5) is 5.69 Å². The van der Waals surface area contributed by atoms with Crippen LogP contribution < -0.4 is 5.32 Å². The van der Waals surface area contributed by atoms with Crippen LogP contribution in [0.3, 0.4) is 0 Å². The summed E-state index contributed by atoms with van der Waals surface area (Å²) in [6.07, 6.45) is 0.871. The first-order valence-electron chi connectivity index (χ1n) is 10.9. The van der Waals surface area contributed by atoms with Crippen LogP contribution in [0.5, 0.6) is 0 Å². The second-order valence-electron chi connectivity index (χ2n) is 8.12. The van der Waals surface area contributed by atoms with Gasteiger partial charge >= 0.3 is 0 Å². The summed E-state index contributed by atoms with van der Waals surface area (Å²) in [6.45, 7) is 5.88. The Labute approximate surface area is 200 Å². The standard InChI is InChI=1S/C24H30Cl2N4O2/c1-3-18-6-4-5-7-22(18)27-23(31)16-29-10-12-30(13-11-29)24(32)17-28(2)15-19-8-9-20(25)14-21(19)26/h4-9,14H,3,10-13,15-17H2,1-2H3,(H,27,31). The molecule has 6 nitrogen and oxygen atoms in total. The van der Waals surface area contributed by atoms with Gasteiger partial charge in [0.25, 0.3) is 0 Å². The number of benzene rings is 2. The van der Waals surface area contributed by atoms with Crippen LogP contribution in [-0.2, 0) is 22.6 Å². The molecule has 1 saturated heterocycles. The van der Waals surface area contributed by atoms with E-state index in [4.69, 9.17) is 23.2 Å². The Kier molecular flexibility index (Phi) is 8.93. The van der Waals surface area contributed by atoms with E-state index in [0.717, 1.165) is 23.2 Å². The molecule has 32 heavy (non-hydrogen) atoms. The van der Waals surface area contributed by atoms with Crippen LogP contribution >= 0.6 is 23.2 Å². The Hall–Kier alpha value is -2.12. The molecule has 172 valence electrons. The summed E-state index contributed by atoms with van der Waals surface area (Å²) in [5.41, 5.74) is 2.93. The summed E-state index contributed by atoms with van der Waals surface area (Å²) in [4.78, 5) is 31.1. The Morgan fingerprint density at radius 2 is 1.75 bits per heavy atom. The van der Waals surface area contributed by atoms with Gasteiger partial charge in [-0.05, 0) is 42.8 Å². The van der Waals surface area contributed by atoms with Crippen molar-refractivity contribution in [3.05, 3.63) is 63.6 Å². The molecule has 2 aromatic rings. The minimum atomic E-state index is -0.0229. The highest BCUT2D eigenvalue weighted by Crippen LogP contribution is 2.22. The second-order valence-corrected chi connectivity index (χ2v) is 8.97. The van der Waals surface area contributed by atoms with E-state index >= 15 is 0 Å². The number of nitrogens with zero attached hydrogens (tertiary/aromatic N) is 3. The van der Waals surface area contributed by atoms with Gasteiger partial charge in [-0.25, -0.2) is 0 Å². The number of para-hydroxylation sites is 1. The SMILES string of the molecule is CCc1ccccc1NC(=O)CN1CCN(C(=O)CN(C)Cc2ccc(Cl)cc2Cl)CC1. The number of piperazine rings is 1. The first kappa shape index (κ1) is 24.5. The minimum absolute atomic E-state index is 0.0229. The molecule has 1 N–H and O–H groups in total. The molecule has 2 amide bonds. The zero-order valence-corrected chi connectivity index (χ0v) is 20.1. The number of anilines is 1. The maximum Gasteiger partial charge on any atom is 0.238 e. The molecule has 1 heterocycles. The van der Waals surface area contributed by atoms with E-state index in [9.17, 15) is 9.59 Å². The molecule has 2 aromatic carbocycles. The molecular weight excluding hydrogens is 447 g/mol. The van der Waals surface area contributed by atoms with Crippen molar-refractivity contribution in [2.24, 2.45) is 0 Å². The molecule has 0 radical (unpaired) electrons. The van der Waals surface area contributed by atoms with Crippen molar-refractivity contribution in [2.75, 3.05) is 51.6 Å². The van der Waals surface area contributed by atoms with Gasteiger partial charge in [-0.2, -0.15) is 0 Å². The average molecular weight is 477 g/mol. The lowest BCUT2D eigenvalue weighted by molar-refractivity contribution is -0.134. The molecule has 8 heteroatoms. The molecule has 0 saturated carbocycles. The topological polar surface area (TPSA) is 55.9 Å². The van der Waals surface area contributed by atoms with Gasteiger partial charge in [0.05, 0.1) is 13.1 Å². The van der Waals surface area contributed by atoms with Gasteiger partial charge in [0.2, 0.25) is 11.8 Å². The molecular formula is C24H30Cl2N4O2. The Morgan fingerprint density at radius 3 is 2.44 bits per heavy atom. The van der Waals surface area contributed by atoms with E-state index in [1.54, 1.807) is 12.1 Å². The van der Waals surface area contributed by atoms with Crippen molar-refractivity contribution in [1.82, 2.24) is 14.7 Å². The Balaban J connectivity index is 1.42. The van der Waals surface area contributed by atoms with Gasteiger partial charge in [0.1, 0.15) is 0 Å². The van der Waals surface area contributed by atoms with Crippen LogP contribution in [0, 0.1) is 0 Å². The Bertz CT molecular complexity index is 945. The number of amides is 2. The average Bonchev–Trinajstić information content (AvgIpc) is 2.76. The number of likely N-dealkylation sites (N-methyl/N-ethyl adjacent to an activating group) is 1. The predicted molar refractivity (Wildman–Crippen MR) is 130 cm³/mol. The second kappa shape index (κ2) is 11.7. The fourth-order valence-corrected chi connectivity index (χ4v) is 4.29. The number of rotatable bonds is 8. The summed E-state index contributed by atoms with van der Waals surface area (Å²) in [7, 11) is 1.90. The number of hydrogen-bond donors (Lipinski definition) is 1. The molecule has 3 rings (SSSR count). The number of aryl methyl sites for hydroxylation is 1. The first-order valence-corrected chi connectivity index (χ1v) is 11.6. The normalized spacial score (nSPS) is 14.6. The van der Waals surface area contributed by atoms with E-state index in [2.05, 4.69) is 17.1 Å². The van der Waals surface area contributed by atoms with Gasteiger partial charge in [0.15, 0.2) is 0 Å². The molecule has 0 aliphatic carbocycles. The van der Waals surface area contributed by atoms with E-state index in [1.165, 1.54) is 0 Å². The van der Waals surface area contributed by atoms with Crippen LogP contribution in [-0.4, -0.2) is 72.8 Å². The summed E-state index contributed by atoms with van der Waals surface area (Å²) in [5, 5.41) is 4.21. The van der Waals surface area contributed by atoms with Crippen molar-refractivity contribution in [1.29, 1.82) is 0 Å². The maximum atomic E-state index is 12.7. The molecule has 1 aliphatic rings. The molecule has 0 unspecified atom stereocenters. The largest absolute Gasteiger partial charge is 0.339 e. The zero-order chi connectivity index (χ0) is 23.1. The lowest BCUT2D eigenvalue weighted by Gasteiger charge is -2.35. The van der Waals surface area contributed by atoms with E-state index in [0.29, 0.717) is 55.9 Å². The maximum absolute atomic E-state index is 12.7. The fourth-order valence-electron chi connectivity index (χ4n) is 3.83. The van der Waals surface area contributed by atoms with Gasteiger partial charge in [-0.3, -0.25) is 19.4 Å². The lowest BCUT2D eigenvalue weighted by atomic mass is 10.1. The van der Waals surface area contributed by atoms with E-state index < -0.39 is 0 Å². The summed E-state index contributed by atoms with van der Waals surface area (Å²) < 4.78 is 0. The summed E-state index contributed by atoms with van der Waals surface area (Å²) in [5.74, 6) is 0.0591. The summed E-state index contributed by atoms with van der Waals surface area (Å²) in [6, 6.07) is 13.3. The van der Waals surface area contributed by atoms with Crippen molar-refractivity contribution < 1.29 is 9.59 Å². The highest BCUT2D eigenvalue weighted by Gasteiger charge is 2.23. The van der Waals surface area contributed by atoms with Crippen molar-refractivity contribution in [3.63, 3.8) is 0 Å². The van der Waals surface area contributed by atoms with Gasteiger partial charge in [-0.15, -0.1) is 0 Å². The highest BCUT2D eigenvalue weighted by molar-refractivity contribution is 6.35. The van der Waals surface area contributed by atoms with Crippen LogP contribution in [0.1, 0.15) is 18.1 Å². The van der Waals surface area contributed by atoms with Crippen molar-refractivity contribution in [3.8, 4) is 0 Å². The molecule has 1 aliphatic heterocycles. The van der Waals surface area contributed by atoms with Gasteiger partial charge < -0.3 is 10.2 Å². The molecule has 0 atom stereocenters. The molecule has 1 fully saturated rings. The molecule has 0 aromatic heterocycles. The smallest absolute Gasteiger partial charge is 0.238 e. The van der Waals surface area contributed by atoms with E-state index in [-0.39, 0.29) is 11.8 Å². The van der Waals surface area contributed by atoms with Crippen LogP contribution in [0.2, 0.25) is 10.0 Å². The third-order valence-electron chi connectivity index (χ3n) is 5.63. The van der Waals surface area contributed by atoms with Crippen LogP contribution in [0.15, 0.2) is 42.5 Å². The third kappa shape index (κ3) is 6.94. The molecule has 0 spiro atoms.